The molecule has 1 aromatic heterocycles. The van der Waals surface area contributed by atoms with Crippen molar-refractivity contribution in [2.24, 2.45) is 0 Å². The molecule has 1 heterocycles. The highest BCUT2D eigenvalue weighted by atomic mass is 28.3. The Labute approximate surface area is 178 Å². The van der Waals surface area contributed by atoms with Gasteiger partial charge in [-0.25, -0.2) is 4.98 Å². The lowest BCUT2D eigenvalue weighted by Crippen LogP contribution is -2.15. The highest BCUT2D eigenvalue weighted by Gasteiger charge is 2.21. The van der Waals surface area contributed by atoms with Gasteiger partial charge in [-0.2, -0.15) is 0 Å². The Bertz CT molecular complexity index is 1020. The van der Waals surface area contributed by atoms with E-state index in [1.807, 2.05) is 0 Å². The van der Waals surface area contributed by atoms with Gasteiger partial charge in [0.1, 0.15) is 5.75 Å². The molecule has 0 unspecified atom stereocenters. The average Bonchev–Trinajstić information content (AvgIpc) is 2.59. The van der Waals surface area contributed by atoms with Crippen molar-refractivity contribution >= 4 is 19.9 Å². The van der Waals surface area contributed by atoms with Crippen LogP contribution in [0.4, 0.5) is 0 Å². The summed E-state index contributed by atoms with van der Waals surface area (Å²) in [6, 6.07) is 15.7. The van der Waals surface area contributed by atoms with Crippen molar-refractivity contribution in [3.63, 3.8) is 0 Å². The topological polar surface area (TPSA) is 22.1 Å². The van der Waals surface area contributed by atoms with Crippen LogP contribution in [0.25, 0.3) is 22.0 Å². The van der Waals surface area contributed by atoms with Crippen molar-refractivity contribution in [3.8, 4) is 16.9 Å². The Balaban J connectivity index is 2.26. The van der Waals surface area contributed by atoms with E-state index in [4.69, 9.17) is 9.41 Å². The molecular weight excluding hydrogens is 370 g/mol. The first-order chi connectivity index (χ1) is 13.4. The van der Waals surface area contributed by atoms with Gasteiger partial charge in [0, 0.05) is 5.39 Å². The maximum Gasteiger partial charge on any atom is 0.229 e. The van der Waals surface area contributed by atoms with E-state index in [0.29, 0.717) is 0 Å². The minimum Gasteiger partial charge on any atom is -0.546 e. The first-order valence-electron chi connectivity index (χ1n) is 10.6. The lowest BCUT2D eigenvalue weighted by Gasteiger charge is -2.24. The van der Waals surface area contributed by atoms with Gasteiger partial charge >= 0.3 is 0 Å². The fraction of sp³-hybridized carbons (Fsp3) is 0.423. The van der Waals surface area contributed by atoms with E-state index < -0.39 is 9.04 Å². The van der Waals surface area contributed by atoms with E-state index >= 15 is 0 Å². The SMILES string of the molecule is Cc1nc2c(C(C)(C)C)ccc(-c3ccc(C(C)(C)C)cc3)c2cc1O[SiH](C)C. The molecule has 0 aliphatic heterocycles. The third-order valence-corrected chi connectivity index (χ3v) is 6.09. The number of aryl methyl sites for hydroxylation is 1. The number of fused-ring (bicyclic) bond motifs is 1. The number of hydrogen-bond acceptors (Lipinski definition) is 2. The van der Waals surface area contributed by atoms with E-state index in [9.17, 15) is 0 Å². The number of rotatable bonds is 3. The third kappa shape index (κ3) is 4.56. The van der Waals surface area contributed by atoms with Crippen LogP contribution < -0.4 is 4.43 Å². The smallest absolute Gasteiger partial charge is 0.229 e. The molecule has 3 heteroatoms. The zero-order valence-corrected chi connectivity index (χ0v) is 20.6. The van der Waals surface area contributed by atoms with Gasteiger partial charge in [0.2, 0.25) is 9.04 Å². The molecule has 0 N–H and O–H groups in total. The predicted molar refractivity (Wildman–Crippen MR) is 129 cm³/mol. The van der Waals surface area contributed by atoms with E-state index in [1.165, 1.54) is 27.6 Å². The van der Waals surface area contributed by atoms with Crippen LogP contribution in [0.2, 0.25) is 13.1 Å². The molecule has 0 spiro atoms. The van der Waals surface area contributed by atoms with Gasteiger partial charge in [-0.3, -0.25) is 0 Å². The van der Waals surface area contributed by atoms with Crippen LogP contribution >= 0.6 is 0 Å². The summed E-state index contributed by atoms with van der Waals surface area (Å²) in [5, 5.41) is 1.18. The number of pyridine rings is 1. The summed E-state index contributed by atoms with van der Waals surface area (Å²) in [7, 11) is -1.21. The van der Waals surface area contributed by atoms with Gasteiger partial charge < -0.3 is 4.43 Å². The molecule has 0 aliphatic rings. The maximum atomic E-state index is 6.21. The zero-order chi connectivity index (χ0) is 21.6. The molecule has 154 valence electrons. The Kier molecular flexibility index (Phi) is 5.66. The van der Waals surface area contributed by atoms with Crippen molar-refractivity contribution < 1.29 is 4.43 Å². The molecule has 3 aromatic rings. The van der Waals surface area contributed by atoms with Crippen LogP contribution in [0.5, 0.6) is 5.75 Å². The summed E-state index contributed by atoms with van der Waals surface area (Å²) < 4.78 is 6.21. The molecule has 0 aliphatic carbocycles. The van der Waals surface area contributed by atoms with Crippen molar-refractivity contribution in [2.45, 2.75) is 72.4 Å². The third-order valence-electron chi connectivity index (χ3n) is 5.36. The van der Waals surface area contributed by atoms with Crippen molar-refractivity contribution in [1.82, 2.24) is 4.98 Å². The summed E-state index contributed by atoms with van der Waals surface area (Å²) in [5.41, 5.74) is 7.31. The summed E-state index contributed by atoms with van der Waals surface area (Å²) in [5.74, 6) is 0.929. The van der Waals surface area contributed by atoms with Crippen molar-refractivity contribution in [1.29, 1.82) is 0 Å². The molecule has 0 atom stereocenters. The number of aromatic nitrogens is 1. The van der Waals surface area contributed by atoms with E-state index in [2.05, 4.69) is 104 Å². The largest absolute Gasteiger partial charge is 0.546 e. The predicted octanol–water partition coefficient (Wildman–Crippen LogP) is 7.17. The van der Waals surface area contributed by atoms with Crippen LogP contribution in [0.15, 0.2) is 42.5 Å². The fourth-order valence-corrected chi connectivity index (χ4v) is 4.46. The first kappa shape index (κ1) is 21.6. The molecule has 0 radical (unpaired) electrons. The molecule has 2 nitrogen and oxygen atoms in total. The second-order valence-corrected chi connectivity index (χ2v) is 12.7. The number of hydrogen-bond donors (Lipinski definition) is 0. The van der Waals surface area contributed by atoms with E-state index in [1.54, 1.807) is 0 Å². The Morgan fingerprint density at radius 3 is 1.97 bits per heavy atom. The number of benzene rings is 2. The molecular formula is C26H35NOSi. The van der Waals surface area contributed by atoms with E-state index in [0.717, 1.165) is 17.0 Å². The molecule has 0 fully saturated rings. The highest BCUT2D eigenvalue weighted by molar-refractivity contribution is 6.49. The molecule has 0 saturated carbocycles. The number of nitrogens with zero attached hydrogens (tertiary/aromatic N) is 1. The first-order valence-corrected chi connectivity index (χ1v) is 13.4. The molecule has 0 saturated heterocycles. The van der Waals surface area contributed by atoms with Crippen LogP contribution in [-0.4, -0.2) is 14.0 Å². The Hall–Kier alpha value is -2.13. The van der Waals surface area contributed by atoms with Gasteiger partial charge in [0.25, 0.3) is 0 Å². The fourth-order valence-electron chi connectivity index (χ4n) is 3.71. The second kappa shape index (κ2) is 7.60. The summed E-state index contributed by atoms with van der Waals surface area (Å²) in [4.78, 5) is 5.04. The molecule has 3 rings (SSSR count). The van der Waals surface area contributed by atoms with Crippen LogP contribution in [0, 0.1) is 6.92 Å². The van der Waals surface area contributed by atoms with Crippen molar-refractivity contribution in [2.75, 3.05) is 0 Å². The van der Waals surface area contributed by atoms with Crippen LogP contribution in [-0.2, 0) is 10.8 Å². The summed E-state index contributed by atoms with van der Waals surface area (Å²) in [6.45, 7) is 20.0. The van der Waals surface area contributed by atoms with Crippen molar-refractivity contribution in [3.05, 3.63) is 59.3 Å². The molecule has 0 bridgehead atoms. The lowest BCUT2D eigenvalue weighted by molar-refractivity contribution is 0.571. The highest BCUT2D eigenvalue weighted by Crippen LogP contribution is 2.38. The quantitative estimate of drug-likeness (QED) is 0.431. The monoisotopic (exact) mass is 405 g/mol. The van der Waals surface area contributed by atoms with Crippen LogP contribution in [0.1, 0.15) is 58.4 Å². The Morgan fingerprint density at radius 2 is 1.45 bits per heavy atom. The minimum atomic E-state index is -1.21. The molecule has 2 aromatic carbocycles. The van der Waals surface area contributed by atoms with Gasteiger partial charge in [0.15, 0.2) is 0 Å². The lowest BCUT2D eigenvalue weighted by atomic mass is 9.83. The van der Waals surface area contributed by atoms with Gasteiger partial charge in [0.05, 0.1) is 11.2 Å². The zero-order valence-electron chi connectivity index (χ0n) is 19.5. The minimum absolute atomic E-state index is 0.0292. The summed E-state index contributed by atoms with van der Waals surface area (Å²) in [6.07, 6.45) is 0. The van der Waals surface area contributed by atoms with Gasteiger partial charge in [-0.1, -0.05) is 77.9 Å². The Morgan fingerprint density at radius 1 is 0.828 bits per heavy atom. The van der Waals surface area contributed by atoms with Gasteiger partial charge in [-0.05, 0) is 59.2 Å². The standard InChI is InChI=1S/C26H35NOSi/c1-17-23(28-29(8)9)16-21-20(14-15-22(24(21)27-17)26(5,6)7)18-10-12-19(13-11-18)25(2,3)4/h10-16,29H,1-9H3. The second-order valence-electron chi connectivity index (χ2n) is 10.4. The molecule has 29 heavy (non-hydrogen) atoms. The average molecular weight is 406 g/mol. The normalized spacial score (nSPS) is 12.6. The van der Waals surface area contributed by atoms with Gasteiger partial charge in [-0.15, -0.1) is 0 Å². The van der Waals surface area contributed by atoms with E-state index in [-0.39, 0.29) is 10.8 Å². The maximum absolute atomic E-state index is 6.21. The van der Waals surface area contributed by atoms with Crippen LogP contribution in [0.3, 0.4) is 0 Å². The molecule has 0 amide bonds. The summed E-state index contributed by atoms with van der Waals surface area (Å²) >= 11 is 0.